The zero-order chi connectivity index (χ0) is 10.4. The molecule has 3 atom stereocenters. The van der Waals surface area contributed by atoms with Crippen LogP contribution in [0.15, 0.2) is 0 Å². The first-order chi connectivity index (χ1) is 6.08. The summed E-state index contributed by atoms with van der Waals surface area (Å²) < 4.78 is 34.8. The molecular weight excluding hydrogens is 445 g/mol. The van der Waals surface area contributed by atoms with Gasteiger partial charge in [0.05, 0.1) is 0 Å². The van der Waals surface area contributed by atoms with Gasteiger partial charge in [0.25, 0.3) is 0 Å². The van der Waals surface area contributed by atoms with Gasteiger partial charge in [0.15, 0.2) is 0 Å². The fraction of sp³-hybridized carbons (Fsp3) is 1.00. The summed E-state index contributed by atoms with van der Waals surface area (Å²) >= 11 is -1.97. The largest absolute Gasteiger partial charge is 0.147 e. The summed E-state index contributed by atoms with van der Waals surface area (Å²) in [7, 11) is 0. The van der Waals surface area contributed by atoms with Gasteiger partial charge in [-0.05, 0) is 0 Å². The maximum absolute atomic E-state index is 11.6. The summed E-state index contributed by atoms with van der Waals surface area (Å²) in [5.41, 5.74) is -5.18. The van der Waals surface area contributed by atoms with Crippen LogP contribution in [-0.4, -0.2) is 18.5 Å². The summed E-state index contributed by atoms with van der Waals surface area (Å²) in [6.45, 7) is 5.54. The molecule has 14 heavy (non-hydrogen) atoms. The molecular formula is C6H19AuClO3P3. The van der Waals surface area contributed by atoms with Crippen LogP contribution in [0.3, 0.4) is 0 Å². The predicted octanol–water partition coefficient (Wildman–Crippen LogP) is 3.51. The van der Waals surface area contributed by atoms with E-state index >= 15 is 0 Å². The van der Waals surface area contributed by atoms with Gasteiger partial charge >= 0.3 is 86.9 Å². The van der Waals surface area contributed by atoms with Crippen LogP contribution in [0.5, 0.6) is 0 Å². The molecule has 0 fully saturated rings. The molecule has 0 aliphatic carbocycles. The van der Waals surface area contributed by atoms with E-state index < -0.39 is 33.9 Å². The molecule has 94 valence electrons. The Morgan fingerprint density at radius 2 is 1.00 bits per heavy atom. The Balaban J connectivity index is 0. The second-order valence-corrected chi connectivity index (χ2v) is 33.5. The van der Waals surface area contributed by atoms with Crippen molar-refractivity contribution in [2.75, 3.05) is 18.5 Å². The molecule has 0 saturated heterocycles. The SMILES string of the molecule is CC[PH](=O)[Au]([PH](=O)CC)[PH](=O)CC.Cl. The molecule has 0 saturated carbocycles. The average Bonchev–Trinajstić information content (AvgIpc) is 2.16. The second-order valence-electron chi connectivity index (χ2n) is 2.22. The number of rotatable bonds is 6. The molecule has 0 aromatic heterocycles. The van der Waals surface area contributed by atoms with E-state index in [9.17, 15) is 13.7 Å². The van der Waals surface area contributed by atoms with Crippen molar-refractivity contribution in [2.45, 2.75) is 20.8 Å². The quantitative estimate of drug-likeness (QED) is 0.447. The molecule has 0 radical (unpaired) electrons. The first kappa shape index (κ1) is 18.1. The summed E-state index contributed by atoms with van der Waals surface area (Å²) in [6.07, 6.45) is 1.79. The van der Waals surface area contributed by atoms with Crippen LogP contribution in [-0.2, 0) is 30.6 Å². The smallest absolute Gasteiger partial charge is 0.147 e. The van der Waals surface area contributed by atoms with E-state index in [4.69, 9.17) is 0 Å². The van der Waals surface area contributed by atoms with Crippen molar-refractivity contribution in [2.24, 2.45) is 0 Å². The standard InChI is InChI=1S/3C2H5OP.Au.ClH/c3*1-2-4-3;;/h3*2H2,1H3;;1H/q;;;-3;/p+3. The summed E-state index contributed by atoms with van der Waals surface area (Å²) in [4.78, 5) is 0. The van der Waals surface area contributed by atoms with Gasteiger partial charge in [-0.2, -0.15) is 0 Å². The van der Waals surface area contributed by atoms with Crippen molar-refractivity contribution >= 4 is 29.5 Å². The molecule has 0 bridgehead atoms. The normalized spacial score (nSPS) is 17.8. The van der Waals surface area contributed by atoms with Gasteiger partial charge in [0.1, 0.15) is 0 Å². The molecule has 0 spiro atoms. The van der Waals surface area contributed by atoms with Gasteiger partial charge in [-0.1, -0.05) is 0 Å². The van der Waals surface area contributed by atoms with Gasteiger partial charge in [0, 0.05) is 0 Å². The van der Waals surface area contributed by atoms with Gasteiger partial charge in [0.2, 0.25) is 0 Å². The van der Waals surface area contributed by atoms with Crippen LogP contribution in [0, 0.1) is 0 Å². The zero-order valence-corrected chi connectivity index (χ0v) is 14.5. The summed E-state index contributed by atoms with van der Waals surface area (Å²) in [6, 6.07) is 0. The van der Waals surface area contributed by atoms with Gasteiger partial charge in [-0.25, -0.2) is 0 Å². The molecule has 0 amide bonds. The average molecular weight is 465 g/mol. The van der Waals surface area contributed by atoms with Crippen LogP contribution in [0.25, 0.3) is 0 Å². The number of hydrogen-bond acceptors (Lipinski definition) is 3. The van der Waals surface area contributed by atoms with E-state index in [0.29, 0.717) is 18.5 Å². The second kappa shape index (κ2) is 9.91. The van der Waals surface area contributed by atoms with Gasteiger partial charge in [-0.15, -0.1) is 12.4 Å². The van der Waals surface area contributed by atoms with Crippen LogP contribution >= 0.6 is 29.5 Å². The van der Waals surface area contributed by atoms with E-state index in [1.54, 1.807) is 0 Å². The fourth-order valence-electron chi connectivity index (χ4n) is 0.601. The van der Waals surface area contributed by atoms with Gasteiger partial charge in [-0.3, -0.25) is 0 Å². The molecule has 0 rings (SSSR count). The minimum absolute atomic E-state index is 0. The molecule has 0 aromatic rings. The maximum Gasteiger partial charge on any atom is -0.147 e. The Labute approximate surface area is 98.9 Å². The molecule has 0 heterocycles. The Morgan fingerprint density at radius 3 is 1.14 bits per heavy atom. The molecule has 3 nitrogen and oxygen atoms in total. The van der Waals surface area contributed by atoms with Crippen LogP contribution in [0.1, 0.15) is 20.8 Å². The summed E-state index contributed by atoms with van der Waals surface area (Å²) in [5, 5.41) is 0. The summed E-state index contributed by atoms with van der Waals surface area (Å²) in [5.74, 6) is 0. The molecule has 0 aliphatic heterocycles. The van der Waals surface area contributed by atoms with Crippen molar-refractivity contribution in [1.82, 2.24) is 0 Å². The van der Waals surface area contributed by atoms with E-state index in [1.807, 2.05) is 20.8 Å². The topological polar surface area (TPSA) is 51.2 Å². The first-order valence-corrected chi connectivity index (χ1v) is 18.2. The van der Waals surface area contributed by atoms with E-state index in [0.717, 1.165) is 0 Å². The van der Waals surface area contributed by atoms with Crippen LogP contribution < -0.4 is 0 Å². The fourth-order valence-corrected chi connectivity index (χ4v) is 44.3. The Bertz CT molecular complexity index is 198. The number of hydrogen-bond donors (Lipinski definition) is 0. The van der Waals surface area contributed by atoms with Crippen LogP contribution in [0.4, 0.5) is 0 Å². The third-order valence-corrected chi connectivity index (χ3v) is 46.3. The van der Waals surface area contributed by atoms with E-state index in [-0.39, 0.29) is 12.4 Å². The maximum atomic E-state index is 11.6. The predicted molar refractivity (Wildman–Crippen MR) is 65.9 cm³/mol. The molecule has 0 N–H and O–H groups in total. The Kier molecular flexibility index (Phi) is 12.8. The van der Waals surface area contributed by atoms with Crippen molar-refractivity contribution in [3.05, 3.63) is 0 Å². The van der Waals surface area contributed by atoms with Crippen molar-refractivity contribution in [3.63, 3.8) is 0 Å². The third kappa shape index (κ3) is 5.71. The molecule has 3 unspecified atom stereocenters. The van der Waals surface area contributed by atoms with Crippen molar-refractivity contribution < 1.29 is 30.6 Å². The monoisotopic (exact) mass is 464 g/mol. The van der Waals surface area contributed by atoms with Crippen LogP contribution in [0.2, 0.25) is 0 Å². The Morgan fingerprint density at radius 1 is 0.786 bits per heavy atom. The Hall–Kier alpha value is 1.72. The van der Waals surface area contributed by atoms with Crippen molar-refractivity contribution in [1.29, 1.82) is 0 Å². The van der Waals surface area contributed by atoms with E-state index in [2.05, 4.69) is 0 Å². The molecule has 8 heteroatoms. The third-order valence-electron chi connectivity index (χ3n) is 1.26. The molecule has 0 aromatic carbocycles. The minimum Gasteiger partial charge on any atom is -0.147 e. The van der Waals surface area contributed by atoms with Gasteiger partial charge < -0.3 is 0 Å². The van der Waals surface area contributed by atoms with E-state index in [1.165, 1.54) is 0 Å². The first-order valence-electron chi connectivity index (χ1n) is 4.25. The number of halogens is 1. The molecule has 0 aliphatic rings. The minimum atomic E-state index is -1.97. The van der Waals surface area contributed by atoms with Crippen molar-refractivity contribution in [3.8, 4) is 0 Å². The zero-order valence-electron chi connectivity index (χ0n) is 8.56.